The molecule has 2 fully saturated rings. The lowest BCUT2D eigenvalue weighted by Crippen LogP contribution is -2.33. The molecule has 1 aromatic carbocycles. The van der Waals surface area contributed by atoms with Crippen LogP contribution in [0.2, 0.25) is 0 Å². The number of benzene rings is 1. The molecule has 4 rings (SSSR count). The summed E-state index contributed by atoms with van der Waals surface area (Å²) in [4.78, 5) is 16.8. The molecular weight excluding hydrogens is 393 g/mol. The van der Waals surface area contributed by atoms with Crippen LogP contribution in [0.5, 0.6) is 0 Å². The Balaban J connectivity index is 1.92. The van der Waals surface area contributed by atoms with Gasteiger partial charge in [-0.2, -0.15) is 0 Å². The number of carbonyl (C=O) groups is 1. The Morgan fingerprint density at radius 2 is 2.00 bits per heavy atom. The Kier molecular flexibility index (Phi) is 6.33. The van der Waals surface area contributed by atoms with Gasteiger partial charge in [-0.05, 0) is 55.5 Å². The van der Waals surface area contributed by atoms with Crippen LogP contribution in [0.4, 0.5) is 4.39 Å². The van der Waals surface area contributed by atoms with E-state index in [2.05, 4.69) is 13.0 Å². The molecule has 2 aromatic rings. The van der Waals surface area contributed by atoms with Gasteiger partial charge >= 0.3 is 5.97 Å². The molecule has 5 heteroatoms. The molecule has 0 amide bonds. The van der Waals surface area contributed by atoms with Gasteiger partial charge < -0.3 is 9.84 Å². The molecule has 162 valence electrons. The maximum absolute atomic E-state index is 13.7. The summed E-state index contributed by atoms with van der Waals surface area (Å²) in [6, 6.07) is 6.54. The number of aromatic nitrogens is 1. The molecule has 1 aromatic heterocycles. The molecule has 0 radical (unpaired) electrons. The first kappa shape index (κ1) is 21.4. The van der Waals surface area contributed by atoms with E-state index in [0.717, 1.165) is 52.2 Å². The minimum atomic E-state index is -0.686. The van der Waals surface area contributed by atoms with Crippen LogP contribution in [0.1, 0.15) is 63.1 Å². The number of aliphatic hydroxyl groups is 1. The van der Waals surface area contributed by atoms with Crippen molar-refractivity contribution >= 4 is 24.2 Å². The topological polar surface area (TPSA) is 59.4 Å². The molecule has 0 bridgehead atoms. The van der Waals surface area contributed by atoms with E-state index in [-0.39, 0.29) is 18.2 Å². The van der Waals surface area contributed by atoms with Crippen molar-refractivity contribution in [3.8, 4) is 11.1 Å². The van der Waals surface area contributed by atoms with Crippen LogP contribution in [0.25, 0.3) is 29.4 Å². The Hall–Kier alpha value is -2.79. The highest BCUT2D eigenvalue weighted by Gasteiger charge is 2.30. The summed E-state index contributed by atoms with van der Waals surface area (Å²) in [5.41, 5.74) is 3.94. The van der Waals surface area contributed by atoms with Crippen LogP contribution in [0, 0.1) is 5.82 Å². The number of aliphatic hydroxyl groups excluding tert-OH is 1. The van der Waals surface area contributed by atoms with Crippen LogP contribution < -0.4 is 10.6 Å². The molecule has 2 atom stereocenters. The minimum absolute atomic E-state index is 0.0382. The zero-order valence-electron chi connectivity index (χ0n) is 18.0. The molecule has 4 nitrogen and oxygen atoms in total. The summed E-state index contributed by atoms with van der Waals surface area (Å²) in [5.74, 6) is -0.265. The molecule has 1 saturated carbocycles. The minimum Gasteiger partial charge on any atom is -0.458 e. The molecule has 1 saturated heterocycles. The van der Waals surface area contributed by atoms with Crippen LogP contribution in [0.3, 0.4) is 0 Å². The lowest BCUT2D eigenvalue weighted by atomic mass is 9.93. The second-order valence-electron chi connectivity index (χ2n) is 8.25. The van der Waals surface area contributed by atoms with Gasteiger partial charge in [0.1, 0.15) is 11.9 Å². The summed E-state index contributed by atoms with van der Waals surface area (Å²) >= 11 is 0. The number of halogens is 1. The van der Waals surface area contributed by atoms with Crippen LogP contribution in [-0.2, 0) is 9.53 Å². The van der Waals surface area contributed by atoms with Crippen molar-refractivity contribution in [3.63, 3.8) is 0 Å². The van der Waals surface area contributed by atoms with Gasteiger partial charge in [0, 0.05) is 23.1 Å². The third kappa shape index (κ3) is 4.77. The largest absolute Gasteiger partial charge is 0.458 e. The van der Waals surface area contributed by atoms with Crippen LogP contribution >= 0.6 is 0 Å². The maximum atomic E-state index is 13.7. The van der Waals surface area contributed by atoms with Crippen molar-refractivity contribution in [2.75, 3.05) is 0 Å². The van der Waals surface area contributed by atoms with Crippen LogP contribution in [-0.4, -0.2) is 28.3 Å². The van der Waals surface area contributed by atoms with E-state index in [1.807, 2.05) is 25.2 Å². The monoisotopic (exact) mass is 421 g/mol. The normalized spacial score (nSPS) is 22.9. The predicted molar refractivity (Wildman–Crippen MR) is 120 cm³/mol. The highest BCUT2D eigenvalue weighted by atomic mass is 19.1. The molecule has 0 spiro atoms. The van der Waals surface area contributed by atoms with Crippen molar-refractivity contribution in [2.45, 2.75) is 64.1 Å². The van der Waals surface area contributed by atoms with Crippen molar-refractivity contribution < 1.29 is 19.0 Å². The number of hydrogen-bond donors (Lipinski definition) is 1. The number of cyclic esters (lactones) is 1. The fraction of sp³-hybridized carbons (Fsp3) is 0.385. The first-order valence-corrected chi connectivity index (χ1v) is 11.0. The number of carbonyl (C=O) groups excluding carboxylic acids is 1. The third-order valence-electron chi connectivity index (χ3n) is 5.78. The van der Waals surface area contributed by atoms with Crippen molar-refractivity contribution in [2.24, 2.45) is 0 Å². The summed E-state index contributed by atoms with van der Waals surface area (Å²) in [7, 11) is 0. The van der Waals surface area contributed by atoms with E-state index in [1.54, 1.807) is 12.1 Å². The molecule has 2 heterocycles. The first-order chi connectivity index (χ1) is 15.0. The lowest BCUT2D eigenvalue weighted by molar-refractivity contribution is -0.156. The summed E-state index contributed by atoms with van der Waals surface area (Å²) in [6.45, 7) is 4.08. The van der Waals surface area contributed by atoms with Crippen molar-refractivity contribution in [1.82, 2.24) is 4.98 Å². The lowest BCUT2D eigenvalue weighted by Gasteiger charge is -2.23. The molecule has 1 aliphatic heterocycles. The van der Waals surface area contributed by atoms with Gasteiger partial charge in [0.15, 0.2) is 0 Å². The molecule has 31 heavy (non-hydrogen) atoms. The maximum Gasteiger partial charge on any atom is 0.309 e. The number of pyridine rings is 1. The highest BCUT2D eigenvalue weighted by Crippen LogP contribution is 2.42. The molecular formula is C26H28FNO3. The SMILES string of the molecule is CC=c1c(-c2ccc(F)cc2)c(C=CC2CC(O)CC(=O)O2)c(C2CC2)nc1=CCC. The molecule has 1 aliphatic carbocycles. The molecule has 2 unspecified atom stereocenters. The summed E-state index contributed by atoms with van der Waals surface area (Å²) in [5, 5.41) is 11.9. The van der Waals surface area contributed by atoms with Gasteiger partial charge in [-0.25, -0.2) is 4.39 Å². The van der Waals surface area contributed by atoms with E-state index in [1.165, 1.54) is 12.1 Å². The molecule has 1 N–H and O–H groups in total. The Labute approximate surface area is 181 Å². The average molecular weight is 422 g/mol. The second kappa shape index (κ2) is 9.15. The van der Waals surface area contributed by atoms with Gasteiger partial charge in [0.25, 0.3) is 0 Å². The standard InChI is InChI=1S/C26H28FNO3/c1-3-5-23-21(4-2)25(16-8-10-18(27)11-9-16)22(26(28-23)17-6-7-17)13-12-20-14-19(29)15-24(30)31-20/h4-5,8-13,17,19-20,29H,3,6-7,14-15H2,1-2H3. The van der Waals surface area contributed by atoms with E-state index < -0.39 is 12.2 Å². The van der Waals surface area contributed by atoms with Gasteiger partial charge in [0.2, 0.25) is 0 Å². The summed E-state index contributed by atoms with van der Waals surface area (Å²) < 4.78 is 19.1. The van der Waals surface area contributed by atoms with Crippen molar-refractivity contribution in [3.05, 3.63) is 58.0 Å². The highest BCUT2D eigenvalue weighted by molar-refractivity contribution is 5.78. The third-order valence-corrected chi connectivity index (χ3v) is 5.78. The quantitative estimate of drug-likeness (QED) is 0.746. The van der Waals surface area contributed by atoms with Gasteiger partial charge in [-0.1, -0.05) is 37.3 Å². The first-order valence-electron chi connectivity index (χ1n) is 11.0. The number of hydrogen-bond acceptors (Lipinski definition) is 4. The number of esters is 1. The smallest absolute Gasteiger partial charge is 0.309 e. The Morgan fingerprint density at radius 3 is 2.61 bits per heavy atom. The summed E-state index contributed by atoms with van der Waals surface area (Å²) in [6.07, 6.45) is 10.3. The Morgan fingerprint density at radius 1 is 1.26 bits per heavy atom. The fourth-order valence-electron chi connectivity index (χ4n) is 4.19. The number of nitrogens with zero attached hydrogens (tertiary/aromatic N) is 1. The second-order valence-corrected chi connectivity index (χ2v) is 8.25. The average Bonchev–Trinajstić information content (AvgIpc) is 3.57. The van der Waals surface area contributed by atoms with Gasteiger partial charge in [-0.3, -0.25) is 9.78 Å². The van der Waals surface area contributed by atoms with E-state index in [4.69, 9.17) is 9.72 Å². The molecule has 2 aliphatic rings. The van der Waals surface area contributed by atoms with E-state index in [0.29, 0.717) is 12.3 Å². The number of rotatable bonds is 5. The van der Waals surface area contributed by atoms with Crippen molar-refractivity contribution in [1.29, 1.82) is 0 Å². The zero-order chi connectivity index (χ0) is 22.0. The van der Waals surface area contributed by atoms with Gasteiger partial charge in [-0.15, -0.1) is 0 Å². The van der Waals surface area contributed by atoms with Gasteiger partial charge in [0.05, 0.1) is 23.6 Å². The Bertz CT molecular complexity index is 1120. The van der Waals surface area contributed by atoms with Crippen LogP contribution in [0.15, 0.2) is 30.3 Å². The fourth-order valence-corrected chi connectivity index (χ4v) is 4.19. The number of ether oxygens (including phenoxy) is 1. The van der Waals surface area contributed by atoms with E-state index >= 15 is 0 Å². The van der Waals surface area contributed by atoms with E-state index in [9.17, 15) is 14.3 Å². The zero-order valence-corrected chi connectivity index (χ0v) is 18.0. The predicted octanol–water partition coefficient (Wildman–Crippen LogP) is 3.84.